The smallest absolute Gasteiger partial charge is 0.222 e. The molecule has 0 aromatic carbocycles. The standard InChI is InChI=1S/C10H16N4O/c11-10(3-1-4-10)6-9(15)12-7-8-2-5-13-14-8/h2,5H,1,3-4,6-7,11H2,(H,12,15)(H,13,14). The van der Waals surface area contributed by atoms with Crippen molar-refractivity contribution < 1.29 is 4.79 Å². The van der Waals surface area contributed by atoms with E-state index in [-0.39, 0.29) is 11.4 Å². The van der Waals surface area contributed by atoms with Gasteiger partial charge in [0.05, 0.1) is 12.2 Å². The molecule has 0 bridgehead atoms. The van der Waals surface area contributed by atoms with Crippen molar-refractivity contribution in [3.63, 3.8) is 0 Å². The number of H-pyrrole nitrogens is 1. The zero-order valence-electron chi connectivity index (χ0n) is 8.62. The van der Waals surface area contributed by atoms with Crippen LogP contribution in [0.4, 0.5) is 0 Å². The van der Waals surface area contributed by atoms with Gasteiger partial charge in [-0.1, -0.05) is 0 Å². The Hall–Kier alpha value is -1.36. The van der Waals surface area contributed by atoms with E-state index in [1.165, 1.54) is 0 Å². The molecule has 5 heteroatoms. The number of aromatic nitrogens is 2. The maximum absolute atomic E-state index is 11.5. The minimum Gasteiger partial charge on any atom is -0.350 e. The highest BCUT2D eigenvalue weighted by Gasteiger charge is 2.34. The predicted molar refractivity (Wildman–Crippen MR) is 55.8 cm³/mol. The van der Waals surface area contributed by atoms with E-state index in [1.54, 1.807) is 6.20 Å². The third-order valence-corrected chi connectivity index (χ3v) is 2.90. The van der Waals surface area contributed by atoms with Crippen LogP contribution in [0.15, 0.2) is 12.3 Å². The normalized spacial score (nSPS) is 18.2. The molecule has 1 aromatic rings. The fourth-order valence-corrected chi connectivity index (χ4v) is 1.77. The average molecular weight is 208 g/mol. The highest BCUT2D eigenvalue weighted by molar-refractivity contribution is 5.77. The molecule has 1 aliphatic rings. The van der Waals surface area contributed by atoms with Crippen LogP contribution in [-0.4, -0.2) is 21.6 Å². The molecule has 1 aromatic heterocycles. The minimum absolute atomic E-state index is 0.0202. The molecule has 0 aliphatic heterocycles. The van der Waals surface area contributed by atoms with Crippen LogP contribution < -0.4 is 11.1 Å². The van der Waals surface area contributed by atoms with Gasteiger partial charge in [-0.05, 0) is 25.3 Å². The Morgan fingerprint density at radius 1 is 1.67 bits per heavy atom. The van der Waals surface area contributed by atoms with E-state index in [2.05, 4.69) is 15.5 Å². The quantitative estimate of drug-likeness (QED) is 0.665. The lowest BCUT2D eigenvalue weighted by Crippen LogP contribution is -2.49. The summed E-state index contributed by atoms with van der Waals surface area (Å²) in [7, 11) is 0. The molecule has 4 N–H and O–H groups in total. The van der Waals surface area contributed by atoms with Crippen LogP contribution in [0.25, 0.3) is 0 Å². The number of nitrogens with zero attached hydrogens (tertiary/aromatic N) is 1. The SMILES string of the molecule is NC1(CC(=O)NCc2ccn[nH]2)CCC1. The topological polar surface area (TPSA) is 83.8 Å². The van der Waals surface area contributed by atoms with Crippen molar-refractivity contribution in [3.05, 3.63) is 18.0 Å². The van der Waals surface area contributed by atoms with Crippen LogP contribution in [0.5, 0.6) is 0 Å². The molecular weight excluding hydrogens is 192 g/mol. The zero-order chi connectivity index (χ0) is 10.7. The van der Waals surface area contributed by atoms with Crippen LogP contribution in [-0.2, 0) is 11.3 Å². The molecule has 5 nitrogen and oxygen atoms in total. The minimum atomic E-state index is -0.238. The molecule has 1 fully saturated rings. The van der Waals surface area contributed by atoms with E-state index < -0.39 is 0 Å². The van der Waals surface area contributed by atoms with Crippen molar-refractivity contribution in [3.8, 4) is 0 Å². The number of carbonyl (C=O) groups is 1. The molecular formula is C10H16N4O. The molecule has 1 amide bonds. The van der Waals surface area contributed by atoms with Gasteiger partial charge in [0.1, 0.15) is 0 Å². The number of aromatic amines is 1. The van der Waals surface area contributed by atoms with Gasteiger partial charge in [0.25, 0.3) is 0 Å². The molecule has 1 aliphatic carbocycles. The lowest BCUT2D eigenvalue weighted by molar-refractivity contribution is -0.123. The molecule has 0 saturated heterocycles. The maximum Gasteiger partial charge on any atom is 0.222 e. The van der Waals surface area contributed by atoms with Gasteiger partial charge >= 0.3 is 0 Å². The summed E-state index contributed by atoms with van der Waals surface area (Å²) in [6.07, 6.45) is 5.16. The second-order valence-electron chi connectivity index (χ2n) is 4.25. The highest BCUT2D eigenvalue weighted by atomic mass is 16.1. The first kappa shape index (κ1) is 10.2. The first-order valence-electron chi connectivity index (χ1n) is 5.22. The number of nitrogens with two attached hydrogens (primary N) is 1. The van der Waals surface area contributed by atoms with Crippen LogP contribution in [0.2, 0.25) is 0 Å². The predicted octanol–water partition coefficient (Wildman–Crippen LogP) is 0.297. The molecule has 0 unspecified atom stereocenters. The van der Waals surface area contributed by atoms with Crippen LogP contribution in [0, 0.1) is 0 Å². The van der Waals surface area contributed by atoms with E-state index >= 15 is 0 Å². The fourth-order valence-electron chi connectivity index (χ4n) is 1.77. The largest absolute Gasteiger partial charge is 0.350 e. The maximum atomic E-state index is 11.5. The van der Waals surface area contributed by atoms with Crippen LogP contribution in [0.3, 0.4) is 0 Å². The van der Waals surface area contributed by atoms with E-state index in [9.17, 15) is 4.79 Å². The molecule has 0 spiro atoms. The molecule has 15 heavy (non-hydrogen) atoms. The van der Waals surface area contributed by atoms with Crippen molar-refractivity contribution in [2.45, 2.75) is 37.8 Å². The van der Waals surface area contributed by atoms with Gasteiger partial charge in [-0.2, -0.15) is 5.10 Å². The fraction of sp³-hybridized carbons (Fsp3) is 0.600. The summed E-state index contributed by atoms with van der Waals surface area (Å²) < 4.78 is 0. The lowest BCUT2D eigenvalue weighted by Gasteiger charge is -2.37. The second-order valence-corrected chi connectivity index (χ2v) is 4.25. The summed E-state index contributed by atoms with van der Waals surface area (Å²) in [6.45, 7) is 0.495. The van der Waals surface area contributed by atoms with Crippen molar-refractivity contribution >= 4 is 5.91 Å². The van der Waals surface area contributed by atoms with Gasteiger partial charge in [0.2, 0.25) is 5.91 Å². The van der Waals surface area contributed by atoms with E-state index in [0.29, 0.717) is 13.0 Å². The van der Waals surface area contributed by atoms with Crippen molar-refractivity contribution in [1.29, 1.82) is 0 Å². The lowest BCUT2D eigenvalue weighted by atomic mass is 9.75. The second kappa shape index (κ2) is 4.02. The molecule has 0 radical (unpaired) electrons. The number of nitrogens with one attached hydrogen (secondary N) is 2. The average Bonchev–Trinajstić information content (AvgIpc) is 2.64. The summed E-state index contributed by atoms with van der Waals surface area (Å²) in [5.41, 5.74) is 6.64. The summed E-state index contributed by atoms with van der Waals surface area (Å²) in [5.74, 6) is 0.0202. The van der Waals surface area contributed by atoms with Gasteiger partial charge < -0.3 is 11.1 Å². The molecule has 2 rings (SSSR count). The van der Waals surface area contributed by atoms with Gasteiger partial charge in [-0.15, -0.1) is 0 Å². The summed E-state index contributed by atoms with van der Waals surface area (Å²) in [4.78, 5) is 11.5. The van der Waals surface area contributed by atoms with E-state index in [1.807, 2.05) is 6.07 Å². The van der Waals surface area contributed by atoms with Crippen LogP contribution >= 0.6 is 0 Å². The van der Waals surface area contributed by atoms with Gasteiger partial charge in [0.15, 0.2) is 0 Å². The first-order valence-corrected chi connectivity index (χ1v) is 5.22. The third-order valence-electron chi connectivity index (χ3n) is 2.90. The van der Waals surface area contributed by atoms with Crippen molar-refractivity contribution in [2.24, 2.45) is 5.73 Å². The molecule has 82 valence electrons. The number of carbonyl (C=O) groups excluding carboxylic acids is 1. The first-order chi connectivity index (χ1) is 7.18. The van der Waals surface area contributed by atoms with E-state index in [0.717, 1.165) is 25.0 Å². The highest BCUT2D eigenvalue weighted by Crippen LogP contribution is 2.31. The Kier molecular flexibility index (Phi) is 2.73. The van der Waals surface area contributed by atoms with Crippen molar-refractivity contribution in [2.75, 3.05) is 0 Å². The summed E-state index contributed by atoms with van der Waals surface area (Å²) in [6, 6.07) is 1.84. The number of rotatable bonds is 4. The Bertz CT molecular complexity index is 329. The Morgan fingerprint density at radius 2 is 2.47 bits per heavy atom. The Morgan fingerprint density at radius 3 is 3.00 bits per heavy atom. The van der Waals surface area contributed by atoms with Gasteiger partial charge in [-0.25, -0.2) is 0 Å². The molecule has 1 heterocycles. The number of amides is 1. The Labute approximate surface area is 88.4 Å². The Balaban J connectivity index is 1.73. The zero-order valence-corrected chi connectivity index (χ0v) is 8.62. The summed E-state index contributed by atoms with van der Waals surface area (Å²) in [5, 5.41) is 9.41. The molecule has 1 saturated carbocycles. The van der Waals surface area contributed by atoms with Crippen LogP contribution in [0.1, 0.15) is 31.4 Å². The number of hydrogen-bond acceptors (Lipinski definition) is 3. The van der Waals surface area contributed by atoms with Gasteiger partial charge in [0, 0.05) is 18.2 Å². The molecule has 0 atom stereocenters. The third kappa shape index (κ3) is 2.56. The van der Waals surface area contributed by atoms with E-state index in [4.69, 9.17) is 5.73 Å². The van der Waals surface area contributed by atoms with Gasteiger partial charge in [-0.3, -0.25) is 9.89 Å². The number of hydrogen-bond donors (Lipinski definition) is 3. The monoisotopic (exact) mass is 208 g/mol. The summed E-state index contributed by atoms with van der Waals surface area (Å²) >= 11 is 0. The van der Waals surface area contributed by atoms with Crippen molar-refractivity contribution in [1.82, 2.24) is 15.5 Å².